The SMILES string of the molecule is CC1CCCCCN1c1ncnc(Cl)c1C=O. The highest BCUT2D eigenvalue weighted by Gasteiger charge is 2.22. The number of anilines is 1. The van der Waals surface area contributed by atoms with E-state index in [2.05, 4.69) is 21.8 Å². The summed E-state index contributed by atoms with van der Waals surface area (Å²) in [5, 5.41) is 0.237. The number of aromatic nitrogens is 2. The first-order chi connectivity index (χ1) is 8.24. The van der Waals surface area contributed by atoms with Crippen LogP contribution in [0, 0.1) is 0 Å². The Morgan fingerprint density at radius 2 is 2.24 bits per heavy atom. The zero-order valence-electron chi connectivity index (χ0n) is 9.90. The van der Waals surface area contributed by atoms with Crippen LogP contribution in [0.3, 0.4) is 0 Å². The van der Waals surface area contributed by atoms with E-state index in [0.29, 0.717) is 17.4 Å². The van der Waals surface area contributed by atoms with Crippen LogP contribution in [0.5, 0.6) is 0 Å². The molecule has 1 aliphatic heterocycles. The first-order valence-corrected chi connectivity index (χ1v) is 6.34. The van der Waals surface area contributed by atoms with Crippen LogP contribution < -0.4 is 4.90 Å². The summed E-state index contributed by atoms with van der Waals surface area (Å²) < 4.78 is 0. The minimum Gasteiger partial charge on any atom is -0.353 e. The van der Waals surface area contributed by atoms with Gasteiger partial charge in [0.25, 0.3) is 0 Å². The summed E-state index contributed by atoms with van der Waals surface area (Å²) in [5.74, 6) is 0.675. The fourth-order valence-electron chi connectivity index (χ4n) is 2.29. The third-order valence-corrected chi connectivity index (χ3v) is 3.56. The number of halogens is 1. The predicted octanol–water partition coefficient (Wildman–Crippen LogP) is 2.71. The Morgan fingerprint density at radius 3 is 3.00 bits per heavy atom. The fraction of sp³-hybridized carbons (Fsp3) is 0.583. The summed E-state index contributed by atoms with van der Waals surface area (Å²) in [7, 11) is 0. The van der Waals surface area contributed by atoms with Crippen LogP contribution in [-0.4, -0.2) is 28.8 Å². The van der Waals surface area contributed by atoms with E-state index < -0.39 is 0 Å². The lowest BCUT2D eigenvalue weighted by Crippen LogP contribution is -2.34. The highest BCUT2D eigenvalue weighted by Crippen LogP contribution is 2.27. The van der Waals surface area contributed by atoms with E-state index in [0.717, 1.165) is 25.7 Å². The van der Waals surface area contributed by atoms with Crippen molar-refractivity contribution in [3.63, 3.8) is 0 Å². The molecule has 0 radical (unpaired) electrons. The Bertz CT molecular complexity index is 411. The van der Waals surface area contributed by atoms with E-state index >= 15 is 0 Å². The van der Waals surface area contributed by atoms with Gasteiger partial charge in [-0.1, -0.05) is 24.4 Å². The molecular formula is C12H16ClN3O. The van der Waals surface area contributed by atoms with Gasteiger partial charge in [0.2, 0.25) is 0 Å². The van der Waals surface area contributed by atoms with Crippen molar-refractivity contribution in [1.29, 1.82) is 0 Å². The molecule has 1 saturated heterocycles. The number of hydrogen-bond acceptors (Lipinski definition) is 4. The van der Waals surface area contributed by atoms with Gasteiger partial charge in [0.15, 0.2) is 6.29 Å². The molecule has 0 amide bonds. The van der Waals surface area contributed by atoms with Gasteiger partial charge in [0.05, 0.1) is 5.56 Å². The maximum absolute atomic E-state index is 11.1. The molecule has 92 valence electrons. The minimum absolute atomic E-state index is 0.237. The van der Waals surface area contributed by atoms with Crippen LogP contribution in [-0.2, 0) is 0 Å². The first-order valence-electron chi connectivity index (χ1n) is 5.96. The Kier molecular flexibility index (Phi) is 3.94. The van der Waals surface area contributed by atoms with Gasteiger partial charge in [-0.05, 0) is 19.8 Å². The molecule has 2 heterocycles. The zero-order valence-corrected chi connectivity index (χ0v) is 10.7. The molecule has 1 aromatic heterocycles. The predicted molar refractivity (Wildman–Crippen MR) is 67.7 cm³/mol. The Labute approximate surface area is 106 Å². The van der Waals surface area contributed by atoms with Crippen molar-refractivity contribution in [3.8, 4) is 0 Å². The summed E-state index contributed by atoms with van der Waals surface area (Å²) in [6.45, 7) is 3.09. The Balaban J connectivity index is 2.37. The van der Waals surface area contributed by atoms with Crippen molar-refractivity contribution < 1.29 is 4.79 Å². The summed E-state index contributed by atoms with van der Waals surface area (Å²) in [6, 6.07) is 0.391. The van der Waals surface area contributed by atoms with Gasteiger partial charge in [-0.25, -0.2) is 9.97 Å². The largest absolute Gasteiger partial charge is 0.353 e. The van der Waals surface area contributed by atoms with Gasteiger partial charge >= 0.3 is 0 Å². The average Bonchev–Trinajstić information content (AvgIpc) is 2.53. The van der Waals surface area contributed by atoms with Crippen LogP contribution in [0.25, 0.3) is 0 Å². The maximum atomic E-state index is 11.1. The molecular weight excluding hydrogens is 238 g/mol. The van der Waals surface area contributed by atoms with Crippen LogP contribution in [0.1, 0.15) is 43.0 Å². The number of nitrogens with zero attached hydrogens (tertiary/aromatic N) is 3. The molecule has 2 rings (SSSR count). The number of rotatable bonds is 2. The monoisotopic (exact) mass is 253 g/mol. The van der Waals surface area contributed by atoms with Crippen LogP contribution in [0.2, 0.25) is 5.15 Å². The fourth-order valence-corrected chi connectivity index (χ4v) is 2.46. The second-order valence-electron chi connectivity index (χ2n) is 4.41. The second kappa shape index (κ2) is 5.45. The molecule has 0 N–H and O–H groups in total. The standard InChI is InChI=1S/C12H16ClN3O/c1-9-5-3-2-4-6-16(9)12-10(7-17)11(13)14-8-15-12/h7-9H,2-6H2,1H3. The smallest absolute Gasteiger partial charge is 0.156 e. The molecule has 1 aliphatic rings. The molecule has 0 aromatic carbocycles. The molecule has 4 nitrogen and oxygen atoms in total. The van der Waals surface area contributed by atoms with Crippen molar-refractivity contribution in [2.24, 2.45) is 0 Å². The van der Waals surface area contributed by atoms with E-state index in [1.54, 1.807) is 0 Å². The van der Waals surface area contributed by atoms with Crippen LogP contribution in [0.15, 0.2) is 6.33 Å². The molecule has 1 aromatic rings. The first kappa shape index (κ1) is 12.3. The zero-order chi connectivity index (χ0) is 12.3. The summed E-state index contributed by atoms with van der Waals surface area (Å²) in [4.78, 5) is 21.3. The van der Waals surface area contributed by atoms with Crippen molar-refractivity contribution in [3.05, 3.63) is 17.0 Å². The Hall–Kier alpha value is -1.16. The molecule has 0 saturated carbocycles. The molecule has 1 atom stereocenters. The summed E-state index contributed by atoms with van der Waals surface area (Å²) in [5.41, 5.74) is 0.405. The molecule has 1 fully saturated rings. The molecule has 17 heavy (non-hydrogen) atoms. The van der Waals surface area contributed by atoms with E-state index in [-0.39, 0.29) is 5.15 Å². The summed E-state index contributed by atoms with van der Waals surface area (Å²) >= 11 is 5.93. The van der Waals surface area contributed by atoms with E-state index in [9.17, 15) is 4.79 Å². The number of carbonyl (C=O) groups is 1. The third-order valence-electron chi connectivity index (χ3n) is 3.26. The van der Waals surface area contributed by atoms with Crippen LogP contribution in [0.4, 0.5) is 5.82 Å². The van der Waals surface area contributed by atoms with Crippen molar-refractivity contribution >= 4 is 23.7 Å². The third kappa shape index (κ3) is 2.57. The van der Waals surface area contributed by atoms with Crippen molar-refractivity contribution in [2.45, 2.75) is 38.6 Å². The lowest BCUT2D eigenvalue weighted by molar-refractivity contribution is 0.112. The van der Waals surface area contributed by atoms with Gasteiger partial charge in [-0.15, -0.1) is 0 Å². The quantitative estimate of drug-likeness (QED) is 0.601. The van der Waals surface area contributed by atoms with Gasteiger partial charge in [-0.2, -0.15) is 0 Å². The van der Waals surface area contributed by atoms with E-state index in [4.69, 9.17) is 11.6 Å². The maximum Gasteiger partial charge on any atom is 0.156 e. The second-order valence-corrected chi connectivity index (χ2v) is 4.77. The number of carbonyl (C=O) groups excluding carboxylic acids is 1. The van der Waals surface area contributed by atoms with Gasteiger partial charge in [0.1, 0.15) is 17.3 Å². The minimum atomic E-state index is 0.237. The normalized spacial score (nSPS) is 21.1. The lowest BCUT2D eigenvalue weighted by Gasteiger charge is -2.29. The van der Waals surface area contributed by atoms with Gasteiger partial charge < -0.3 is 4.90 Å². The topological polar surface area (TPSA) is 46.1 Å². The van der Waals surface area contributed by atoms with Crippen molar-refractivity contribution in [1.82, 2.24) is 9.97 Å². The van der Waals surface area contributed by atoms with Gasteiger partial charge in [0, 0.05) is 12.6 Å². The molecule has 1 unspecified atom stereocenters. The van der Waals surface area contributed by atoms with Crippen LogP contribution >= 0.6 is 11.6 Å². The van der Waals surface area contributed by atoms with E-state index in [1.165, 1.54) is 19.2 Å². The van der Waals surface area contributed by atoms with E-state index in [1.807, 2.05) is 0 Å². The molecule has 0 spiro atoms. The Morgan fingerprint density at radius 1 is 1.41 bits per heavy atom. The molecule has 0 bridgehead atoms. The highest BCUT2D eigenvalue weighted by atomic mass is 35.5. The average molecular weight is 254 g/mol. The lowest BCUT2D eigenvalue weighted by atomic mass is 10.1. The van der Waals surface area contributed by atoms with Gasteiger partial charge in [-0.3, -0.25) is 4.79 Å². The summed E-state index contributed by atoms with van der Waals surface area (Å²) in [6.07, 6.45) is 6.88. The van der Waals surface area contributed by atoms with Crippen molar-refractivity contribution in [2.75, 3.05) is 11.4 Å². The highest BCUT2D eigenvalue weighted by molar-refractivity contribution is 6.32. The molecule has 5 heteroatoms. The number of hydrogen-bond donors (Lipinski definition) is 0. The molecule has 0 aliphatic carbocycles. The number of aldehydes is 1.